The van der Waals surface area contributed by atoms with E-state index in [1.165, 1.54) is 39.7 Å². The van der Waals surface area contributed by atoms with Crippen LogP contribution < -0.4 is 0 Å². The molecule has 1 unspecified atom stereocenters. The fourth-order valence-corrected chi connectivity index (χ4v) is 1.83. The fraction of sp³-hybridized carbons (Fsp3) is 0.846. The van der Waals surface area contributed by atoms with E-state index in [-0.39, 0.29) is 5.97 Å². The first-order valence-corrected chi connectivity index (χ1v) is 6.19. The Labute approximate surface area is 98.6 Å². The summed E-state index contributed by atoms with van der Waals surface area (Å²) >= 11 is 0. The Morgan fingerprint density at radius 3 is 2.44 bits per heavy atom. The first-order chi connectivity index (χ1) is 7.61. The van der Waals surface area contributed by atoms with Crippen LogP contribution in [-0.4, -0.2) is 18.9 Å². The van der Waals surface area contributed by atoms with Gasteiger partial charge in [-0.25, -0.2) is 0 Å². The number of hydrogen-bond acceptors (Lipinski definition) is 3. The molecule has 0 aliphatic heterocycles. The third-order valence-electron chi connectivity index (χ3n) is 2.87. The largest absolute Gasteiger partial charge is 0.469 e. The van der Waals surface area contributed by atoms with Crippen molar-refractivity contribution >= 4 is 11.8 Å². The first kappa shape index (κ1) is 15.1. The SMILES string of the molecule is CCCCCC1CCCC1=O.COC(C)=O. The third-order valence-corrected chi connectivity index (χ3v) is 2.87. The molecule has 0 amide bonds. The average molecular weight is 228 g/mol. The number of ether oxygens (including phenoxy) is 1. The standard InChI is InChI=1S/C10H18O.C3H6O2/c1-2-3-4-6-9-7-5-8-10(9)11;1-3(4)5-2/h9H,2-8H2,1H3;1-2H3. The molecule has 3 nitrogen and oxygen atoms in total. The molecule has 0 saturated heterocycles. The molecule has 0 N–H and O–H groups in total. The summed E-state index contributed by atoms with van der Waals surface area (Å²) in [6, 6.07) is 0. The van der Waals surface area contributed by atoms with Gasteiger partial charge in [-0.15, -0.1) is 0 Å². The molecule has 1 rings (SSSR count). The minimum atomic E-state index is -0.245. The van der Waals surface area contributed by atoms with Crippen molar-refractivity contribution in [3.8, 4) is 0 Å². The van der Waals surface area contributed by atoms with E-state index >= 15 is 0 Å². The smallest absolute Gasteiger partial charge is 0.302 e. The summed E-state index contributed by atoms with van der Waals surface area (Å²) in [4.78, 5) is 20.8. The maximum absolute atomic E-state index is 11.2. The monoisotopic (exact) mass is 228 g/mol. The van der Waals surface area contributed by atoms with Crippen molar-refractivity contribution in [2.75, 3.05) is 7.11 Å². The van der Waals surface area contributed by atoms with Crippen molar-refractivity contribution in [3.05, 3.63) is 0 Å². The summed E-state index contributed by atoms with van der Waals surface area (Å²) in [5, 5.41) is 0. The van der Waals surface area contributed by atoms with E-state index in [2.05, 4.69) is 11.7 Å². The van der Waals surface area contributed by atoms with Gasteiger partial charge in [0.25, 0.3) is 0 Å². The number of ketones is 1. The summed E-state index contributed by atoms with van der Waals surface area (Å²) in [5.41, 5.74) is 0. The maximum atomic E-state index is 11.2. The Balaban J connectivity index is 0.000000385. The van der Waals surface area contributed by atoms with Crippen molar-refractivity contribution in [1.29, 1.82) is 0 Å². The number of esters is 1. The minimum absolute atomic E-state index is 0.245. The van der Waals surface area contributed by atoms with Crippen LogP contribution in [0.5, 0.6) is 0 Å². The molecule has 0 bridgehead atoms. The van der Waals surface area contributed by atoms with Gasteiger partial charge in [0.1, 0.15) is 5.78 Å². The highest BCUT2D eigenvalue weighted by Gasteiger charge is 2.22. The molecule has 1 saturated carbocycles. The van der Waals surface area contributed by atoms with Crippen LogP contribution in [0.1, 0.15) is 58.8 Å². The predicted molar refractivity (Wildman–Crippen MR) is 64.2 cm³/mol. The van der Waals surface area contributed by atoms with Crippen molar-refractivity contribution < 1.29 is 14.3 Å². The van der Waals surface area contributed by atoms with Gasteiger partial charge in [0, 0.05) is 19.3 Å². The van der Waals surface area contributed by atoms with Crippen LogP contribution in [0, 0.1) is 5.92 Å². The zero-order valence-electron chi connectivity index (χ0n) is 10.8. The lowest BCUT2D eigenvalue weighted by molar-refractivity contribution is -0.137. The summed E-state index contributed by atoms with van der Waals surface area (Å²) in [5.74, 6) is 0.729. The number of Topliss-reactive ketones (excluding diaryl/α,β-unsaturated/α-hetero) is 1. The molecule has 1 aliphatic rings. The Morgan fingerprint density at radius 1 is 1.44 bits per heavy atom. The van der Waals surface area contributed by atoms with Crippen molar-refractivity contribution in [2.24, 2.45) is 5.92 Å². The van der Waals surface area contributed by atoms with Gasteiger partial charge >= 0.3 is 5.97 Å². The molecular weight excluding hydrogens is 204 g/mol. The number of unbranched alkanes of at least 4 members (excludes halogenated alkanes) is 2. The van der Waals surface area contributed by atoms with E-state index < -0.39 is 0 Å². The van der Waals surface area contributed by atoms with Gasteiger partial charge < -0.3 is 4.74 Å². The summed E-state index contributed by atoms with van der Waals surface area (Å²) in [6.07, 6.45) is 8.15. The molecule has 0 heterocycles. The van der Waals surface area contributed by atoms with E-state index in [0.717, 1.165) is 19.3 Å². The van der Waals surface area contributed by atoms with E-state index in [0.29, 0.717) is 11.7 Å². The van der Waals surface area contributed by atoms with E-state index in [1.54, 1.807) is 0 Å². The molecular formula is C13H24O3. The molecule has 0 radical (unpaired) electrons. The van der Waals surface area contributed by atoms with Gasteiger partial charge in [0.15, 0.2) is 0 Å². The number of hydrogen-bond donors (Lipinski definition) is 0. The van der Waals surface area contributed by atoms with E-state index in [9.17, 15) is 9.59 Å². The Bertz CT molecular complexity index is 211. The van der Waals surface area contributed by atoms with Crippen LogP contribution in [0.15, 0.2) is 0 Å². The molecule has 94 valence electrons. The number of carbonyl (C=O) groups is 2. The highest BCUT2D eigenvalue weighted by atomic mass is 16.5. The summed E-state index contributed by atoms with van der Waals surface area (Å²) < 4.78 is 4.11. The topological polar surface area (TPSA) is 43.4 Å². The van der Waals surface area contributed by atoms with Crippen LogP contribution in [0.2, 0.25) is 0 Å². The van der Waals surface area contributed by atoms with Crippen molar-refractivity contribution in [2.45, 2.75) is 58.8 Å². The van der Waals surface area contributed by atoms with Crippen LogP contribution in [0.3, 0.4) is 0 Å². The number of rotatable bonds is 4. The van der Waals surface area contributed by atoms with Gasteiger partial charge in [0.2, 0.25) is 0 Å². The van der Waals surface area contributed by atoms with Gasteiger partial charge in [-0.3, -0.25) is 9.59 Å². The average Bonchev–Trinajstić information content (AvgIpc) is 2.66. The van der Waals surface area contributed by atoms with Gasteiger partial charge in [-0.1, -0.05) is 26.2 Å². The van der Waals surface area contributed by atoms with Crippen molar-refractivity contribution in [3.63, 3.8) is 0 Å². The van der Waals surface area contributed by atoms with Gasteiger partial charge in [-0.2, -0.15) is 0 Å². The fourth-order valence-electron chi connectivity index (χ4n) is 1.83. The Morgan fingerprint density at radius 2 is 2.06 bits per heavy atom. The second kappa shape index (κ2) is 9.37. The predicted octanol–water partition coefficient (Wildman–Crippen LogP) is 3.12. The van der Waals surface area contributed by atoms with Crippen LogP contribution in [0.4, 0.5) is 0 Å². The number of methoxy groups -OCH3 is 1. The molecule has 16 heavy (non-hydrogen) atoms. The zero-order chi connectivity index (χ0) is 12.4. The molecule has 1 fully saturated rings. The Kier molecular flexibility index (Phi) is 8.87. The molecule has 0 spiro atoms. The lowest BCUT2D eigenvalue weighted by Crippen LogP contribution is -2.05. The minimum Gasteiger partial charge on any atom is -0.469 e. The van der Waals surface area contributed by atoms with Crippen molar-refractivity contribution in [1.82, 2.24) is 0 Å². The number of carbonyl (C=O) groups excluding carboxylic acids is 2. The quantitative estimate of drug-likeness (QED) is 0.548. The first-order valence-electron chi connectivity index (χ1n) is 6.19. The molecule has 1 aliphatic carbocycles. The second-order valence-corrected chi connectivity index (χ2v) is 4.25. The van der Waals surface area contributed by atoms with E-state index in [4.69, 9.17) is 0 Å². The lowest BCUT2D eigenvalue weighted by Gasteiger charge is -2.05. The van der Waals surface area contributed by atoms with E-state index in [1.807, 2.05) is 0 Å². The molecule has 3 heteroatoms. The Hall–Kier alpha value is -0.860. The molecule has 0 aromatic carbocycles. The lowest BCUT2D eigenvalue weighted by atomic mass is 9.99. The van der Waals surface area contributed by atoms with Gasteiger partial charge in [-0.05, 0) is 19.3 Å². The maximum Gasteiger partial charge on any atom is 0.302 e. The second-order valence-electron chi connectivity index (χ2n) is 4.25. The van der Waals surface area contributed by atoms with Gasteiger partial charge in [0.05, 0.1) is 7.11 Å². The normalized spacial score (nSPS) is 18.9. The highest BCUT2D eigenvalue weighted by molar-refractivity contribution is 5.82. The zero-order valence-corrected chi connectivity index (χ0v) is 10.8. The van der Waals surface area contributed by atoms with Crippen LogP contribution in [-0.2, 0) is 14.3 Å². The molecule has 0 aromatic heterocycles. The summed E-state index contributed by atoms with van der Waals surface area (Å²) in [6.45, 7) is 3.57. The van der Waals surface area contributed by atoms with Crippen LogP contribution in [0.25, 0.3) is 0 Å². The highest BCUT2D eigenvalue weighted by Crippen LogP contribution is 2.25. The summed E-state index contributed by atoms with van der Waals surface area (Å²) in [7, 11) is 1.35. The molecule has 0 aromatic rings. The van der Waals surface area contributed by atoms with Crippen LogP contribution >= 0.6 is 0 Å². The molecule has 1 atom stereocenters. The third kappa shape index (κ3) is 7.43.